The van der Waals surface area contributed by atoms with Gasteiger partial charge in [0.25, 0.3) is 5.91 Å². The number of hydroxylamine groups is 1. The minimum atomic E-state index is -1.16. The van der Waals surface area contributed by atoms with E-state index in [9.17, 15) is 24.3 Å². The summed E-state index contributed by atoms with van der Waals surface area (Å²) in [6.07, 6.45) is 13.8. The fraction of sp³-hybridized carbons (Fsp3) is 0.526. The van der Waals surface area contributed by atoms with Gasteiger partial charge in [0.05, 0.1) is 13.2 Å². The zero-order valence-corrected chi connectivity index (χ0v) is 28.3. The van der Waals surface area contributed by atoms with Gasteiger partial charge in [0.2, 0.25) is 11.8 Å². The van der Waals surface area contributed by atoms with Crippen molar-refractivity contribution in [3.63, 3.8) is 0 Å². The van der Waals surface area contributed by atoms with E-state index in [2.05, 4.69) is 15.8 Å². The van der Waals surface area contributed by atoms with E-state index < -0.39 is 17.9 Å². The highest BCUT2D eigenvalue weighted by Crippen LogP contribution is 2.31. The highest BCUT2D eigenvalue weighted by Gasteiger charge is 2.25. The van der Waals surface area contributed by atoms with E-state index in [1.807, 2.05) is 17.0 Å². The lowest BCUT2D eigenvalue weighted by atomic mass is 9.92. The van der Waals surface area contributed by atoms with E-state index in [4.69, 9.17) is 9.57 Å². The average molecular weight is 675 g/mol. The zero-order valence-electron chi connectivity index (χ0n) is 28.3. The summed E-state index contributed by atoms with van der Waals surface area (Å²) in [5.74, 6) is -0.568. The molecule has 49 heavy (non-hydrogen) atoms. The molecule has 1 atom stereocenters. The molecule has 1 fully saturated rings. The van der Waals surface area contributed by atoms with Crippen LogP contribution in [0.2, 0.25) is 0 Å². The van der Waals surface area contributed by atoms with Crippen molar-refractivity contribution in [1.29, 1.82) is 0 Å². The fourth-order valence-electron chi connectivity index (χ4n) is 6.88. The molecule has 2 heterocycles. The van der Waals surface area contributed by atoms with Crippen LogP contribution >= 0.6 is 0 Å². The molecule has 3 aromatic rings. The van der Waals surface area contributed by atoms with E-state index in [1.54, 1.807) is 36.4 Å². The smallest absolute Gasteiger partial charge is 0.330 e. The van der Waals surface area contributed by atoms with Crippen molar-refractivity contribution >= 4 is 34.6 Å². The number of nitrogens with zero attached hydrogens (tertiary/aromatic N) is 1. The number of fused-ring (bicyclic) bond motifs is 3. The van der Waals surface area contributed by atoms with Crippen LogP contribution in [-0.2, 0) is 37.0 Å². The monoisotopic (exact) mass is 674 g/mol. The Morgan fingerprint density at radius 1 is 0.898 bits per heavy atom. The summed E-state index contributed by atoms with van der Waals surface area (Å²) in [7, 11) is 0. The van der Waals surface area contributed by atoms with Crippen molar-refractivity contribution in [3.8, 4) is 5.75 Å². The standard InChI is InChI=1S/C38H50N4O7/c43-34(41-49-25-27-13-7-2-1-3-8-14-27)17-11-4-5-12-18-36(45)42-22-21-30-31-23-29(19-20-32(31)39-33(30)24-42)48-26-35(44)40-37(38(46)47)28-15-9-6-10-16-28/h6,9-10,15-16,19-20,23,27,37,39H,1-5,7-8,11-14,17-18,21-22,24-26H2,(H,40,44)(H,41,43)(H,46,47)/t37-/m0/s1. The van der Waals surface area contributed by atoms with Crippen molar-refractivity contribution in [2.75, 3.05) is 19.8 Å². The molecule has 0 bridgehead atoms. The average Bonchev–Trinajstić information content (AvgIpc) is 3.46. The number of aromatic amines is 1. The molecular weight excluding hydrogens is 624 g/mol. The molecule has 1 saturated carbocycles. The summed E-state index contributed by atoms with van der Waals surface area (Å²) in [5.41, 5.74) is 6.17. The van der Waals surface area contributed by atoms with Gasteiger partial charge in [-0.2, -0.15) is 0 Å². The van der Waals surface area contributed by atoms with Gasteiger partial charge in [-0.15, -0.1) is 0 Å². The molecule has 11 heteroatoms. The first-order valence-electron chi connectivity index (χ1n) is 17.9. The highest BCUT2D eigenvalue weighted by molar-refractivity contribution is 5.88. The Labute approximate surface area is 288 Å². The minimum absolute atomic E-state index is 0.0683. The van der Waals surface area contributed by atoms with Crippen LogP contribution in [0.4, 0.5) is 0 Å². The molecule has 1 aliphatic carbocycles. The molecule has 3 amide bonds. The minimum Gasteiger partial charge on any atom is -0.484 e. The Balaban J connectivity index is 0.990. The third-order valence-corrected chi connectivity index (χ3v) is 9.63. The number of ether oxygens (including phenoxy) is 1. The normalized spacial score (nSPS) is 15.9. The van der Waals surface area contributed by atoms with Crippen LogP contribution < -0.4 is 15.5 Å². The summed E-state index contributed by atoms with van der Waals surface area (Å²) >= 11 is 0. The molecule has 2 aliphatic rings. The van der Waals surface area contributed by atoms with Crippen molar-refractivity contribution < 1.29 is 33.9 Å². The summed E-state index contributed by atoms with van der Waals surface area (Å²) < 4.78 is 5.73. The number of amides is 3. The van der Waals surface area contributed by atoms with E-state index in [1.165, 1.54) is 44.9 Å². The van der Waals surface area contributed by atoms with Crippen molar-refractivity contribution in [2.24, 2.45) is 5.92 Å². The first kappa shape index (κ1) is 35.9. The van der Waals surface area contributed by atoms with Crippen LogP contribution in [0.5, 0.6) is 5.75 Å². The number of benzene rings is 2. The second kappa shape index (κ2) is 18.4. The van der Waals surface area contributed by atoms with E-state index in [-0.39, 0.29) is 18.4 Å². The molecular formula is C38H50N4O7. The van der Waals surface area contributed by atoms with Crippen molar-refractivity contribution in [3.05, 3.63) is 65.4 Å². The van der Waals surface area contributed by atoms with Gasteiger partial charge < -0.3 is 25.0 Å². The lowest BCUT2D eigenvalue weighted by molar-refractivity contribution is -0.142. The van der Waals surface area contributed by atoms with Crippen LogP contribution in [0.25, 0.3) is 10.9 Å². The van der Waals surface area contributed by atoms with Gasteiger partial charge in [-0.05, 0) is 67.3 Å². The van der Waals surface area contributed by atoms with Crippen LogP contribution in [0, 0.1) is 5.92 Å². The molecule has 4 N–H and O–H groups in total. The van der Waals surface area contributed by atoms with Gasteiger partial charge in [0, 0.05) is 36.0 Å². The maximum Gasteiger partial charge on any atom is 0.330 e. The Bertz CT molecular complexity index is 1550. The van der Waals surface area contributed by atoms with E-state index >= 15 is 0 Å². The van der Waals surface area contributed by atoms with Crippen molar-refractivity contribution in [1.82, 2.24) is 20.7 Å². The van der Waals surface area contributed by atoms with E-state index in [0.717, 1.165) is 47.8 Å². The second-order valence-electron chi connectivity index (χ2n) is 13.4. The highest BCUT2D eigenvalue weighted by atomic mass is 16.7. The molecule has 2 aromatic carbocycles. The molecule has 0 unspecified atom stereocenters. The summed E-state index contributed by atoms with van der Waals surface area (Å²) in [6.45, 7) is 1.43. The number of H-pyrrole nitrogens is 1. The second-order valence-corrected chi connectivity index (χ2v) is 13.4. The summed E-state index contributed by atoms with van der Waals surface area (Å²) in [6, 6.07) is 12.9. The number of aliphatic carboxylic acids is 1. The Morgan fingerprint density at radius 2 is 1.63 bits per heavy atom. The molecule has 264 valence electrons. The number of hydrogen-bond acceptors (Lipinski definition) is 6. The molecule has 0 saturated heterocycles. The van der Waals surface area contributed by atoms with Gasteiger partial charge in [-0.1, -0.05) is 75.3 Å². The number of unbranched alkanes of at least 4 members (excludes halogenated alkanes) is 3. The fourth-order valence-corrected chi connectivity index (χ4v) is 6.88. The SMILES string of the molecule is O=C(CCCCCCC(=O)N1CCc2c([nH]c3ccc(OCC(=O)N[C@H](C(=O)O)c4ccccc4)cc23)C1)NOCC1CCCCCCC1. The van der Waals surface area contributed by atoms with Gasteiger partial charge in [-0.3, -0.25) is 19.2 Å². The molecule has 1 aliphatic heterocycles. The number of aromatic nitrogens is 1. The maximum absolute atomic E-state index is 13.0. The van der Waals surface area contributed by atoms with Crippen LogP contribution in [-0.4, -0.2) is 58.4 Å². The maximum atomic E-state index is 13.0. The number of nitrogens with one attached hydrogen (secondary N) is 3. The van der Waals surface area contributed by atoms with Gasteiger partial charge >= 0.3 is 5.97 Å². The predicted molar refractivity (Wildman–Crippen MR) is 185 cm³/mol. The Morgan fingerprint density at radius 3 is 2.39 bits per heavy atom. The first-order chi connectivity index (χ1) is 23.9. The lowest BCUT2D eigenvalue weighted by Crippen LogP contribution is -2.36. The third kappa shape index (κ3) is 10.8. The number of hydrogen-bond donors (Lipinski definition) is 4. The van der Waals surface area contributed by atoms with Crippen molar-refractivity contribution in [2.45, 2.75) is 102 Å². The Kier molecular flexibility index (Phi) is 13.5. The largest absolute Gasteiger partial charge is 0.484 e. The topological polar surface area (TPSA) is 150 Å². The number of carbonyl (C=O) groups excluding carboxylic acids is 3. The summed E-state index contributed by atoms with van der Waals surface area (Å²) in [4.78, 5) is 60.3. The number of carboxylic acids is 1. The molecule has 5 rings (SSSR count). The molecule has 0 spiro atoms. The third-order valence-electron chi connectivity index (χ3n) is 9.63. The molecule has 11 nitrogen and oxygen atoms in total. The van der Waals surface area contributed by atoms with Crippen LogP contribution in [0.3, 0.4) is 0 Å². The van der Waals surface area contributed by atoms with Crippen LogP contribution in [0.15, 0.2) is 48.5 Å². The molecule has 0 radical (unpaired) electrons. The quantitative estimate of drug-likeness (QED) is 0.106. The number of rotatable bonds is 16. The zero-order chi connectivity index (χ0) is 34.4. The lowest BCUT2D eigenvalue weighted by Gasteiger charge is -2.27. The first-order valence-corrected chi connectivity index (χ1v) is 17.9. The predicted octanol–water partition coefficient (Wildman–Crippen LogP) is 6.12. The number of carbonyl (C=O) groups is 4. The van der Waals surface area contributed by atoms with E-state index in [0.29, 0.717) is 56.2 Å². The summed E-state index contributed by atoms with van der Waals surface area (Å²) in [5, 5.41) is 13.1. The van der Waals surface area contributed by atoms with Gasteiger partial charge in [0.15, 0.2) is 12.6 Å². The number of carboxylic acid groups (broad SMARTS) is 1. The molecule has 1 aromatic heterocycles. The van der Waals surface area contributed by atoms with Gasteiger partial charge in [0.1, 0.15) is 5.75 Å². The van der Waals surface area contributed by atoms with Crippen LogP contribution in [0.1, 0.15) is 106 Å². The Hall–Kier alpha value is -4.38. The van der Waals surface area contributed by atoms with Gasteiger partial charge in [-0.25, -0.2) is 10.3 Å².